The van der Waals surface area contributed by atoms with Gasteiger partial charge in [-0.1, -0.05) is 25.0 Å². The second-order valence-electron chi connectivity index (χ2n) is 5.54. The van der Waals surface area contributed by atoms with Crippen LogP contribution >= 0.6 is 0 Å². The van der Waals surface area contributed by atoms with Gasteiger partial charge < -0.3 is 4.90 Å². The highest BCUT2D eigenvalue weighted by molar-refractivity contribution is 5.05. The van der Waals surface area contributed by atoms with E-state index in [0.29, 0.717) is 0 Å². The Morgan fingerprint density at radius 3 is 2.75 bits per heavy atom. The molecule has 0 aromatic carbocycles. The van der Waals surface area contributed by atoms with Crippen molar-refractivity contribution in [2.45, 2.75) is 58.3 Å². The number of nitrogens with zero attached hydrogens (tertiary/aromatic N) is 1. The number of hydrogen-bond acceptors (Lipinski definition) is 1. The molecule has 0 saturated carbocycles. The molecule has 0 radical (unpaired) electrons. The molecule has 1 nitrogen and oxygen atoms in total. The van der Waals surface area contributed by atoms with E-state index in [1.165, 1.54) is 71.0 Å². The van der Waals surface area contributed by atoms with E-state index in [-0.39, 0.29) is 0 Å². The fourth-order valence-corrected chi connectivity index (χ4v) is 3.14. The molecule has 1 saturated heterocycles. The van der Waals surface area contributed by atoms with Crippen LogP contribution in [0.15, 0.2) is 11.6 Å². The van der Waals surface area contributed by atoms with Crippen LogP contribution in [0.25, 0.3) is 0 Å². The van der Waals surface area contributed by atoms with E-state index in [2.05, 4.69) is 17.9 Å². The van der Waals surface area contributed by atoms with Gasteiger partial charge in [0.15, 0.2) is 0 Å². The molecule has 0 aromatic rings. The van der Waals surface area contributed by atoms with Crippen LogP contribution < -0.4 is 0 Å². The first-order chi connectivity index (χ1) is 7.88. The van der Waals surface area contributed by atoms with Gasteiger partial charge in [0.05, 0.1) is 0 Å². The van der Waals surface area contributed by atoms with E-state index in [9.17, 15) is 0 Å². The van der Waals surface area contributed by atoms with Crippen LogP contribution in [0, 0.1) is 5.92 Å². The molecule has 0 N–H and O–H groups in total. The molecule has 92 valence electrons. The molecular weight excluding hydrogens is 194 g/mol. The lowest BCUT2D eigenvalue weighted by Gasteiger charge is -2.31. The van der Waals surface area contributed by atoms with Gasteiger partial charge in [-0.05, 0) is 70.5 Å². The van der Waals surface area contributed by atoms with E-state index in [1.54, 1.807) is 5.57 Å². The summed E-state index contributed by atoms with van der Waals surface area (Å²) in [5.74, 6) is 0.993. The fraction of sp³-hybridized carbons (Fsp3) is 0.867. The van der Waals surface area contributed by atoms with Crippen molar-refractivity contribution in [3.63, 3.8) is 0 Å². The third-order valence-electron chi connectivity index (χ3n) is 4.34. The predicted octanol–water partition coefficient (Wildman–Crippen LogP) is 4.00. The minimum Gasteiger partial charge on any atom is -0.304 e. The Morgan fingerprint density at radius 1 is 1.19 bits per heavy atom. The predicted molar refractivity (Wildman–Crippen MR) is 70.6 cm³/mol. The van der Waals surface area contributed by atoms with E-state index >= 15 is 0 Å². The summed E-state index contributed by atoms with van der Waals surface area (Å²) in [6, 6.07) is 0. The van der Waals surface area contributed by atoms with Crippen LogP contribution in [-0.2, 0) is 0 Å². The van der Waals surface area contributed by atoms with Crippen molar-refractivity contribution < 1.29 is 0 Å². The smallest absolute Gasteiger partial charge is 0.00161 e. The van der Waals surface area contributed by atoms with Gasteiger partial charge in [-0.2, -0.15) is 0 Å². The summed E-state index contributed by atoms with van der Waals surface area (Å²) in [4.78, 5) is 2.60. The maximum atomic E-state index is 2.60. The first-order valence-electron chi connectivity index (χ1n) is 7.28. The van der Waals surface area contributed by atoms with Crippen molar-refractivity contribution in [3.8, 4) is 0 Å². The Kier molecular flexibility index (Phi) is 4.90. The molecule has 1 fully saturated rings. The molecule has 1 aliphatic carbocycles. The SMILES string of the molecule is CCN1CCC(CC2=CCCCCC2)CC1. The zero-order valence-electron chi connectivity index (χ0n) is 10.9. The van der Waals surface area contributed by atoms with Crippen molar-refractivity contribution in [1.29, 1.82) is 0 Å². The van der Waals surface area contributed by atoms with Gasteiger partial charge in [-0.25, -0.2) is 0 Å². The highest BCUT2D eigenvalue weighted by Crippen LogP contribution is 2.28. The van der Waals surface area contributed by atoms with Gasteiger partial charge in [-0.15, -0.1) is 0 Å². The van der Waals surface area contributed by atoms with Gasteiger partial charge in [0.2, 0.25) is 0 Å². The largest absolute Gasteiger partial charge is 0.304 e. The van der Waals surface area contributed by atoms with Crippen LogP contribution in [0.5, 0.6) is 0 Å². The molecule has 0 amide bonds. The third-order valence-corrected chi connectivity index (χ3v) is 4.34. The Bertz CT molecular complexity index is 224. The number of likely N-dealkylation sites (tertiary alicyclic amines) is 1. The molecule has 16 heavy (non-hydrogen) atoms. The number of rotatable bonds is 3. The van der Waals surface area contributed by atoms with Crippen molar-refractivity contribution >= 4 is 0 Å². The van der Waals surface area contributed by atoms with Crippen LogP contribution in [0.3, 0.4) is 0 Å². The lowest BCUT2D eigenvalue weighted by atomic mass is 9.88. The number of allylic oxidation sites excluding steroid dienone is 2. The van der Waals surface area contributed by atoms with Crippen LogP contribution in [0.1, 0.15) is 58.3 Å². The Hall–Kier alpha value is -0.300. The zero-order valence-corrected chi connectivity index (χ0v) is 10.9. The maximum absolute atomic E-state index is 2.60. The molecular formula is C15H27N. The molecule has 2 aliphatic rings. The molecule has 0 atom stereocenters. The van der Waals surface area contributed by atoms with Gasteiger partial charge >= 0.3 is 0 Å². The highest BCUT2D eigenvalue weighted by Gasteiger charge is 2.19. The summed E-state index contributed by atoms with van der Waals surface area (Å²) in [5.41, 5.74) is 1.78. The first-order valence-corrected chi connectivity index (χ1v) is 7.28. The van der Waals surface area contributed by atoms with Crippen LogP contribution in [0.2, 0.25) is 0 Å². The molecule has 1 heteroatoms. The Labute approximate surface area is 101 Å². The van der Waals surface area contributed by atoms with Crippen molar-refractivity contribution in [2.75, 3.05) is 19.6 Å². The third kappa shape index (κ3) is 3.62. The van der Waals surface area contributed by atoms with Crippen LogP contribution in [0.4, 0.5) is 0 Å². The van der Waals surface area contributed by atoms with Gasteiger partial charge in [-0.3, -0.25) is 0 Å². The second-order valence-corrected chi connectivity index (χ2v) is 5.54. The van der Waals surface area contributed by atoms with E-state index < -0.39 is 0 Å². The fourth-order valence-electron chi connectivity index (χ4n) is 3.14. The minimum absolute atomic E-state index is 0.993. The normalized spacial score (nSPS) is 25.2. The van der Waals surface area contributed by atoms with Gasteiger partial charge in [0, 0.05) is 0 Å². The molecule has 0 spiro atoms. The zero-order chi connectivity index (χ0) is 11.2. The summed E-state index contributed by atoms with van der Waals surface area (Å²) in [7, 11) is 0. The molecule has 1 heterocycles. The summed E-state index contributed by atoms with van der Waals surface area (Å²) >= 11 is 0. The van der Waals surface area contributed by atoms with Crippen molar-refractivity contribution in [2.24, 2.45) is 5.92 Å². The minimum atomic E-state index is 0.993. The van der Waals surface area contributed by atoms with Crippen molar-refractivity contribution in [1.82, 2.24) is 4.90 Å². The summed E-state index contributed by atoms with van der Waals surface area (Å²) < 4.78 is 0. The maximum Gasteiger partial charge on any atom is -0.00161 e. The topological polar surface area (TPSA) is 3.24 Å². The Morgan fingerprint density at radius 2 is 2.00 bits per heavy atom. The van der Waals surface area contributed by atoms with E-state index in [4.69, 9.17) is 0 Å². The summed E-state index contributed by atoms with van der Waals surface area (Å²) in [6.07, 6.45) is 13.9. The standard InChI is InChI=1S/C15H27N/c1-2-16-11-9-15(10-12-16)13-14-7-5-3-4-6-8-14/h7,15H,2-6,8-13H2,1H3. The van der Waals surface area contributed by atoms with Crippen molar-refractivity contribution in [3.05, 3.63) is 11.6 Å². The average molecular weight is 221 g/mol. The first kappa shape index (κ1) is 12.2. The lowest BCUT2D eigenvalue weighted by molar-refractivity contribution is 0.191. The monoisotopic (exact) mass is 221 g/mol. The van der Waals surface area contributed by atoms with Gasteiger partial charge in [0.1, 0.15) is 0 Å². The number of hydrogen-bond donors (Lipinski definition) is 0. The molecule has 0 aromatic heterocycles. The second kappa shape index (κ2) is 6.44. The summed E-state index contributed by atoms with van der Waals surface area (Å²) in [6.45, 7) is 6.21. The summed E-state index contributed by atoms with van der Waals surface area (Å²) in [5, 5.41) is 0. The highest BCUT2D eigenvalue weighted by atomic mass is 15.1. The Balaban J connectivity index is 1.75. The number of piperidine rings is 1. The average Bonchev–Trinajstić information content (AvgIpc) is 2.59. The van der Waals surface area contributed by atoms with Crippen LogP contribution in [-0.4, -0.2) is 24.5 Å². The van der Waals surface area contributed by atoms with E-state index in [1.807, 2.05) is 0 Å². The molecule has 2 rings (SSSR count). The molecule has 0 bridgehead atoms. The van der Waals surface area contributed by atoms with E-state index in [0.717, 1.165) is 5.92 Å². The lowest BCUT2D eigenvalue weighted by Crippen LogP contribution is -2.33. The molecule has 0 unspecified atom stereocenters. The quantitative estimate of drug-likeness (QED) is 0.651. The van der Waals surface area contributed by atoms with Gasteiger partial charge in [0.25, 0.3) is 0 Å². The molecule has 1 aliphatic heterocycles.